The summed E-state index contributed by atoms with van der Waals surface area (Å²) in [5, 5.41) is 0. The highest BCUT2D eigenvalue weighted by Crippen LogP contribution is 2.31. The van der Waals surface area contributed by atoms with E-state index in [0.29, 0.717) is 0 Å². The third-order valence-electron chi connectivity index (χ3n) is 5.45. The molecule has 0 aliphatic heterocycles. The van der Waals surface area contributed by atoms with Gasteiger partial charge in [-0.05, 0) is 82.7 Å². The molecule has 2 aliphatic rings. The molecule has 0 aromatic carbocycles. The Balaban J connectivity index is 1.69. The molecule has 0 amide bonds. The summed E-state index contributed by atoms with van der Waals surface area (Å²) in [5.74, 6) is 2.73. The fourth-order valence-corrected chi connectivity index (χ4v) is 3.89. The van der Waals surface area contributed by atoms with Crippen molar-refractivity contribution in [2.24, 2.45) is 23.5 Å². The highest BCUT2D eigenvalue weighted by atomic mass is 15.1. The van der Waals surface area contributed by atoms with Crippen LogP contribution < -0.4 is 5.73 Å². The first kappa shape index (κ1) is 14.3. The standard InChI is InChI=1S/C16H32N2/c1-13-3-9-16(10-4-13)18(2)12-15-7-5-14(11-17)6-8-15/h13-16H,3-12,17H2,1-2H3. The summed E-state index contributed by atoms with van der Waals surface area (Å²) in [7, 11) is 2.36. The molecule has 2 nitrogen and oxygen atoms in total. The maximum Gasteiger partial charge on any atom is 0.00925 e. The minimum absolute atomic E-state index is 0.821. The van der Waals surface area contributed by atoms with Crippen molar-refractivity contribution < 1.29 is 0 Å². The van der Waals surface area contributed by atoms with Crippen molar-refractivity contribution in [1.29, 1.82) is 0 Å². The Labute approximate surface area is 113 Å². The normalized spacial score (nSPS) is 38.0. The van der Waals surface area contributed by atoms with E-state index in [0.717, 1.165) is 30.3 Å². The Bertz CT molecular complexity index is 225. The second kappa shape index (κ2) is 6.91. The van der Waals surface area contributed by atoms with Gasteiger partial charge in [0.15, 0.2) is 0 Å². The first-order chi connectivity index (χ1) is 8.69. The topological polar surface area (TPSA) is 29.3 Å². The third-order valence-corrected chi connectivity index (χ3v) is 5.45. The van der Waals surface area contributed by atoms with Crippen molar-refractivity contribution >= 4 is 0 Å². The maximum absolute atomic E-state index is 5.77. The number of hydrogen-bond donors (Lipinski definition) is 1. The SMILES string of the molecule is CC1CCC(N(C)CC2CCC(CN)CC2)CC1. The van der Waals surface area contributed by atoms with E-state index in [1.54, 1.807) is 0 Å². The molecule has 0 saturated heterocycles. The zero-order valence-corrected chi connectivity index (χ0v) is 12.4. The van der Waals surface area contributed by atoms with Gasteiger partial charge < -0.3 is 10.6 Å². The molecule has 106 valence electrons. The molecular weight excluding hydrogens is 220 g/mol. The zero-order chi connectivity index (χ0) is 13.0. The lowest BCUT2D eigenvalue weighted by Crippen LogP contribution is -2.39. The van der Waals surface area contributed by atoms with Crippen LogP contribution >= 0.6 is 0 Å². The second-order valence-corrected chi connectivity index (χ2v) is 6.98. The monoisotopic (exact) mass is 252 g/mol. The van der Waals surface area contributed by atoms with Crippen LogP contribution in [-0.2, 0) is 0 Å². The molecule has 0 aromatic rings. The Kier molecular flexibility index (Phi) is 5.50. The van der Waals surface area contributed by atoms with E-state index in [1.165, 1.54) is 57.9 Å². The lowest BCUT2D eigenvalue weighted by molar-refractivity contribution is 0.129. The Morgan fingerprint density at radius 2 is 1.44 bits per heavy atom. The van der Waals surface area contributed by atoms with Crippen LogP contribution in [0.1, 0.15) is 58.3 Å². The fraction of sp³-hybridized carbons (Fsp3) is 1.00. The molecule has 0 spiro atoms. The smallest absolute Gasteiger partial charge is 0.00925 e. The molecular formula is C16H32N2. The molecule has 0 unspecified atom stereocenters. The van der Waals surface area contributed by atoms with Gasteiger partial charge in [0.2, 0.25) is 0 Å². The van der Waals surface area contributed by atoms with E-state index in [4.69, 9.17) is 5.73 Å². The summed E-state index contributed by atoms with van der Waals surface area (Å²) in [6.45, 7) is 4.64. The van der Waals surface area contributed by atoms with Crippen LogP contribution in [0.2, 0.25) is 0 Å². The summed E-state index contributed by atoms with van der Waals surface area (Å²) < 4.78 is 0. The van der Waals surface area contributed by atoms with Crippen LogP contribution in [0.25, 0.3) is 0 Å². The van der Waals surface area contributed by atoms with E-state index in [9.17, 15) is 0 Å². The van der Waals surface area contributed by atoms with Crippen molar-refractivity contribution in [2.75, 3.05) is 20.1 Å². The molecule has 2 aliphatic carbocycles. The summed E-state index contributed by atoms with van der Waals surface area (Å²) in [4.78, 5) is 2.67. The Hall–Kier alpha value is -0.0800. The average Bonchev–Trinajstić information content (AvgIpc) is 2.40. The van der Waals surface area contributed by atoms with Gasteiger partial charge in [0.25, 0.3) is 0 Å². The largest absolute Gasteiger partial charge is 0.330 e. The summed E-state index contributed by atoms with van der Waals surface area (Å²) >= 11 is 0. The van der Waals surface area contributed by atoms with Gasteiger partial charge >= 0.3 is 0 Å². The van der Waals surface area contributed by atoms with E-state index in [1.807, 2.05) is 0 Å². The Morgan fingerprint density at radius 1 is 0.889 bits per heavy atom. The number of rotatable bonds is 4. The van der Waals surface area contributed by atoms with Gasteiger partial charge in [-0.25, -0.2) is 0 Å². The fourth-order valence-electron chi connectivity index (χ4n) is 3.89. The van der Waals surface area contributed by atoms with Crippen molar-refractivity contribution in [2.45, 2.75) is 64.3 Å². The molecule has 18 heavy (non-hydrogen) atoms. The molecule has 0 bridgehead atoms. The molecule has 2 fully saturated rings. The number of hydrogen-bond acceptors (Lipinski definition) is 2. The van der Waals surface area contributed by atoms with E-state index in [-0.39, 0.29) is 0 Å². The average molecular weight is 252 g/mol. The van der Waals surface area contributed by atoms with Crippen molar-refractivity contribution in [3.05, 3.63) is 0 Å². The minimum Gasteiger partial charge on any atom is -0.330 e. The predicted molar refractivity (Wildman–Crippen MR) is 78.6 cm³/mol. The first-order valence-electron chi connectivity index (χ1n) is 8.09. The zero-order valence-electron chi connectivity index (χ0n) is 12.4. The van der Waals surface area contributed by atoms with Crippen LogP contribution in [0, 0.1) is 17.8 Å². The Morgan fingerprint density at radius 3 is 2.00 bits per heavy atom. The number of nitrogens with zero attached hydrogens (tertiary/aromatic N) is 1. The highest BCUT2D eigenvalue weighted by Gasteiger charge is 2.25. The molecule has 2 heteroatoms. The van der Waals surface area contributed by atoms with Gasteiger partial charge in [-0.15, -0.1) is 0 Å². The predicted octanol–water partition coefficient (Wildman–Crippen LogP) is 3.26. The minimum atomic E-state index is 0.821. The summed E-state index contributed by atoms with van der Waals surface area (Å²) in [6.07, 6.45) is 11.3. The van der Waals surface area contributed by atoms with Gasteiger partial charge in [0, 0.05) is 12.6 Å². The lowest BCUT2D eigenvalue weighted by Gasteiger charge is -2.37. The molecule has 2 N–H and O–H groups in total. The molecule has 0 aromatic heterocycles. The van der Waals surface area contributed by atoms with Gasteiger partial charge in [0.05, 0.1) is 0 Å². The lowest BCUT2D eigenvalue weighted by atomic mass is 9.81. The van der Waals surface area contributed by atoms with Gasteiger partial charge in [-0.1, -0.05) is 6.92 Å². The van der Waals surface area contributed by atoms with E-state index < -0.39 is 0 Å². The van der Waals surface area contributed by atoms with Crippen LogP contribution in [0.15, 0.2) is 0 Å². The molecule has 0 heterocycles. The van der Waals surface area contributed by atoms with Gasteiger partial charge in [0.1, 0.15) is 0 Å². The van der Waals surface area contributed by atoms with Crippen LogP contribution in [0.4, 0.5) is 0 Å². The van der Waals surface area contributed by atoms with Crippen LogP contribution in [0.3, 0.4) is 0 Å². The van der Waals surface area contributed by atoms with Crippen LogP contribution in [-0.4, -0.2) is 31.1 Å². The van der Waals surface area contributed by atoms with Crippen molar-refractivity contribution in [3.63, 3.8) is 0 Å². The van der Waals surface area contributed by atoms with E-state index in [2.05, 4.69) is 18.9 Å². The first-order valence-corrected chi connectivity index (χ1v) is 8.09. The van der Waals surface area contributed by atoms with Crippen molar-refractivity contribution in [1.82, 2.24) is 4.90 Å². The van der Waals surface area contributed by atoms with E-state index >= 15 is 0 Å². The molecule has 2 rings (SSSR count). The molecule has 0 atom stereocenters. The molecule has 2 saturated carbocycles. The summed E-state index contributed by atoms with van der Waals surface area (Å²) in [5.41, 5.74) is 5.77. The van der Waals surface area contributed by atoms with Crippen LogP contribution in [0.5, 0.6) is 0 Å². The molecule has 0 radical (unpaired) electrons. The highest BCUT2D eigenvalue weighted by molar-refractivity contribution is 4.80. The quantitative estimate of drug-likeness (QED) is 0.832. The van der Waals surface area contributed by atoms with Gasteiger partial charge in [-0.3, -0.25) is 0 Å². The number of nitrogens with two attached hydrogens (primary N) is 1. The second-order valence-electron chi connectivity index (χ2n) is 6.98. The summed E-state index contributed by atoms with van der Waals surface area (Å²) in [6, 6.07) is 0.869. The van der Waals surface area contributed by atoms with Gasteiger partial charge in [-0.2, -0.15) is 0 Å². The van der Waals surface area contributed by atoms with Crippen molar-refractivity contribution in [3.8, 4) is 0 Å². The maximum atomic E-state index is 5.77. The third kappa shape index (κ3) is 3.96.